The van der Waals surface area contributed by atoms with Crippen LogP contribution >= 0.6 is 7.82 Å². The van der Waals surface area contributed by atoms with Gasteiger partial charge in [0, 0.05) is 13.0 Å². The summed E-state index contributed by atoms with van der Waals surface area (Å²) >= 11 is 0. The molecule has 2 fully saturated rings. The molecule has 2 aliphatic heterocycles. The van der Waals surface area contributed by atoms with Gasteiger partial charge in [0.05, 0.1) is 18.2 Å². The Morgan fingerprint density at radius 2 is 2.24 bits per heavy atom. The van der Waals surface area contributed by atoms with Gasteiger partial charge in [-0.2, -0.15) is 0 Å². The maximum Gasteiger partial charge on any atom is 0.474 e. The average Bonchev–Trinajstić information content (AvgIpc) is 2.64. The van der Waals surface area contributed by atoms with Crippen LogP contribution in [0.3, 0.4) is 0 Å². The smallest absolute Gasteiger partial charge is 0.381 e. The maximum absolute atomic E-state index is 11.4. The van der Waals surface area contributed by atoms with Gasteiger partial charge in [-0.05, 0) is 12.8 Å². The van der Waals surface area contributed by atoms with Gasteiger partial charge in [0.25, 0.3) is 0 Å². The van der Waals surface area contributed by atoms with Crippen LogP contribution in [-0.4, -0.2) is 44.4 Å². The van der Waals surface area contributed by atoms with Crippen LogP contribution in [0.4, 0.5) is 0 Å². The molecule has 2 saturated heterocycles. The molecule has 2 aliphatic rings. The number of phosphoric acid groups is 1. The van der Waals surface area contributed by atoms with Crippen LogP contribution in [0.25, 0.3) is 0 Å². The van der Waals surface area contributed by atoms with Crippen LogP contribution in [0.1, 0.15) is 19.8 Å². The van der Waals surface area contributed by atoms with Crippen molar-refractivity contribution in [2.75, 3.05) is 7.11 Å². The molecule has 2 heterocycles. The molecule has 0 spiro atoms. The zero-order chi connectivity index (χ0) is 12.6. The molecule has 0 aliphatic carbocycles. The molecule has 0 aromatic rings. The van der Waals surface area contributed by atoms with Gasteiger partial charge in [-0.25, -0.2) is 4.57 Å². The molecule has 0 amide bonds. The molecule has 0 aromatic carbocycles. The predicted molar refractivity (Wildman–Crippen MR) is 62.2 cm³/mol. The Kier molecular flexibility index (Phi) is 3.97. The molecule has 6 atom stereocenters. The number of fused-ring (bicyclic) bond motifs is 2. The largest absolute Gasteiger partial charge is 0.474 e. The third-order valence-electron chi connectivity index (χ3n) is 3.42. The fourth-order valence-corrected chi connectivity index (χ4v) is 3.03. The van der Waals surface area contributed by atoms with E-state index in [1.165, 1.54) is 0 Å². The Balaban J connectivity index is 2.08. The van der Waals surface area contributed by atoms with Gasteiger partial charge in [0.1, 0.15) is 7.85 Å². The standard InChI is InChI=1S/C9H18BO6P/c1-3-6-5-4-7(8(10)14-6)15-9(5)16-17(11,12)13-2/h5-9H,3-4,10H2,1-2H3,(H,11,12)/t5-,6-,7?,8-,9?/m1/s1. The lowest BCUT2D eigenvalue weighted by atomic mass is 9.84. The van der Waals surface area contributed by atoms with Crippen molar-refractivity contribution in [1.29, 1.82) is 0 Å². The second-order valence-electron chi connectivity index (χ2n) is 4.49. The van der Waals surface area contributed by atoms with Crippen LogP contribution in [0.5, 0.6) is 0 Å². The molecule has 2 bridgehead atoms. The fraction of sp³-hybridized carbons (Fsp3) is 1.00. The van der Waals surface area contributed by atoms with E-state index >= 15 is 0 Å². The molecule has 2 rings (SSSR count). The van der Waals surface area contributed by atoms with E-state index in [1.807, 2.05) is 14.8 Å². The Morgan fingerprint density at radius 3 is 2.82 bits per heavy atom. The van der Waals surface area contributed by atoms with Gasteiger partial charge in [-0.1, -0.05) is 6.92 Å². The Hall–Kier alpha value is 0.0949. The predicted octanol–water partition coefficient (Wildman–Crippen LogP) is 0.249. The first-order valence-electron chi connectivity index (χ1n) is 5.84. The second-order valence-corrected chi connectivity index (χ2v) is 6.00. The minimum absolute atomic E-state index is 0.00294. The van der Waals surface area contributed by atoms with Gasteiger partial charge >= 0.3 is 7.82 Å². The van der Waals surface area contributed by atoms with Crippen molar-refractivity contribution >= 4 is 15.7 Å². The van der Waals surface area contributed by atoms with Gasteiger partial charge in [-0.3, -0.25) is 9.05 Å². The minimum atomic E-state index is -4.01. The highest BCUT2D eigenvalue weighted by molar-refractivity contribution is 7.47. The lowest BCUT2D eigenvalue weighted by molar-refractivity contribution is -0.0973. The molecule has 0 radical (unpaired) electrons. The summed E-state index contributed by atoms with van der Waals surface area (Å²) in [4.78, 5) is 9.32. The first-order chi connectivity index (χ1) is 7.96. The topological polar surface area (TPSA) is 74.2 Å². The zero-order valence-corrected chi connectivity index (χ0v) is 11.1. The highest BCUT2D eigenvalue weighted by Gasteiger charge is 2.49. The molecule has 1 N–H and O–H groups in total. The third kappa shape index (κ3) is 2.75. The van der Waals surface area contributed by atoms with Gasteiger partial charge in [-0.15, -0.1) is 0 Å². The van der Waals surface area contributed by atoms with Crippen molar-refractivity contribution in [2.45, 2.75) is 44.3 Å². The normalized spacial score (nSPS) is 44.5. The van der Waals surface area contributed by atoms with Crippen molar-refractivity contribution in [3.8, 4) is 0 Å². The number of ether oxygens (including phenoxy) is 2. The molecule has 98 valence electrons. The van der Waals surface area contributed by atoms with E-state index < -0.39 is 14.1 Å². The molecular formula is C9H18BO6P. The maximum atomic E-state index is 11.4. The Bertz CT molecular complexity index is 327. The van der Waals surface area contributed by atoms with Gasteiger partial charge < -0.3 is 14.4 Å². The van der Waals surface area contributed by atoms with Gasteiger partial charge in [0.15, 0.2) is 6.29 Å². The summed E-state index contributed by atoms with van der Waals surface area (Å²) in [7, 11) is -0.927. The highest BCUT2D eigenvalue weighted by atomic mass is 31.2. The van der Waals surface area contributed by atoms with Crippen molar-refractivity contribution in [3.05, 3.63) is 0 Å². The number of hydrogen-bond donors (Lipinski definition) is 1. The van der Waals surface area contributed by atoms with E-state index in [9.17, 15) is 9.46 Å². The summed E-state index contributed by atoms with van der Waals surface area (Å²) < 4.78 is 32.2. The molecule has 6 nitrogen and oxygen atoms in total. The lowest BCUT2D eigenvalue weighted by Gasteiger charge is -2.32. The van der Waals surface area contributed by atoms with Crippen LogP contribution < -0.4 is 0 Å². The highest BCUT2D eigenvalue weighted by Crippen LogP contribution is 2.49. The molecule has 3 unspecified atom stereocenters. The Morgan fingerprint density at radius 1 is 1.53 bits per heavy atom. The molecule has 0 saturated carbocycles. The lowest BCUT2D eigenvalue weighted by Crippen LogP contribution is -2.40. The van der Waals surface area contributed by atoms with Crippen molar-refractivity contribution in [2.24, 2.45) is 5.92 Å². The summed E-state index contributed by atoms with van der Waals surface area (Å²) in [5, 5.41) is 0. The van der Waals surface area contributed by atoms with Crippen LogP contribution in [0.2, 0.25) is 0 Å². The van der Waals surface area contributed by atoms with Crippen LogP contribution in [0, 0.1) is 5.92 Å². The van der Waals surface area contributed by atoms with E-state index in [-0.39, 0.29) is 24.1 Å². The summed E-state index contributed by atoms with van der Waals surface area (Å²) in [5.74, 6) is -0.00294. The minimum Gasteiger partial charge on any atom is -0.381 e. The summed E-state index contributed by atoms with van der Waals surface area (Å²) in [5.41, 5.74) is 0. The summed E-state index contributed by atoms with van der Waals surface area (Å²) in [6.07, 6.45) is 0.850. The first-order valence-corrected chi connectivity index (χ1v) is 7.34. The summed E-state index contributed by atoms with van der Waals surface area (Å²) in [6, 6.07) is -0.00887. The number of hydrogen-bond acceptors (Lipinski definition) is 5. The molecule has 0 aromatic heterocycles. The number of phosphoric ester groups is 1. The van der Waals surface area contributed by atoms with Gasteiger partial charge in [0.2, 0.25) is 0 Å². The van der Waals surface area contributed by atoms with Crippen molar-refractivity contribution in [1.82, 2.24) is 0 Å². The zero-order valence-electron chi connectivity index (χ0n) is 10.2. The Labute approximate surface area is 102 Å². The van der Waals surface area contributed by atoms with Crippen LogP contribution in [0.15, 0.2) is 0 Å². The molecule has 17 heavy (non-hydrogen) atoms. The second kappa shape index (κ2) is 5.00. The quantitative estimate of drug-likeness (QED) is 0.579. The van der Waals surface area contributed by atoms with Crippen LogP contribution in [-0.2, 0) is 23.1 Å². The van der Waals surface area contributed by atoms with E-state index in [4.69, 9.17) is 14.0 Å². The van der Waals surface area contributed by atoms with E-state index in [0.29, 0.717) is 0 Å². The first kappa shape index (κ1) is 13.5. The summed E-state index contributed by atoms with van der Waals surface area (Å²) in [6.45, 7) is 2.02. The van der Waals surface area contributed by atoms with Crippen molar-refractivity contribution in [3.63, 3.8) is 0 Å². The monoisotopic (exact) mass is 264 g/mol. The van der Waals surface area contributed by atoms with E-state index in [0.717, 1.165) is 20.0 Å². The molecular weight excluding hydrogens is 246 g/mol. The molecule has 8 heteroatoms. The third-order valence-corrected chi connectivity index (χ3v) is 4.36. The average molecular weight is 264 g/mol. The van der Waals surface area contributed by atoms with E-state index in [2.05, 4.69) is 4.52 Å². The fourth-order valence-electron chi connectivity index (χ4n) is 2.48. The van der Waals surface area contributed by atoms with Crippen molar-refractivity contribution < 1.29 is 28.0 Å². The van der Waals surface area contributed by atoms with E-state index in [1.54, 1.807) is 0 Å². The number of rotatable bonds is 4. The SMILES string of the molecule is B[C@@H]1O[C@H](CC)[C@H]2CC1OC2OP(=O)(O)OC.